The molecule has 2 bridgehead atoms. The van der Waals surface area contributed by atoms with Crippen LogP contribution in [0, 0.1) is 17.3 Å². The van der Waals surface area contributed by atoms with E-state index in [4.69, 9.17) is 16.3 Å². The van der Waals surface area contributed by atoms with Gasteiger partial charge in [-0.1, -0.05) is 6.92 Å². The first-order valence-electron chi connectivity index (χ1n) is 9.76. The van der Waals surface area contributed by atoms with Crippen LogP contribution in [0.2, 0.25) is 5.28 Å². The van der Waals surface area contributed by atoms with E-state index in [1.165, 1.54) is 6.07 Å². The Morgan fingerprint density at radius 3 is 2.83 bits per heavy atom. The molecule has 158 valence electrons. The van der Waals surface area contributed by atoms with Gasteiger partial charge in [-0.05, 0) is 67.7 Å². The van der Waals surface area contributed by atoms with Crippen LogP contribution in [0.25, 0.3) is 5.52 Å². The maximum atomic E-state index is 13.3. The molecule has 0 aromatic carbocycles. The van der Waals surface area contributed by atoms with Gasteiger partial charge in [-0.25, -0.2) is 4.52 Å². The molecule has 0 spiro atoms. The van der Waals surface area contributed by atoms with Crippen molar-refractivity contribution in [3.63, 3.8) is 0 Å². The number of hydrogen-bond donors (Lipinski definition) is 1. The van der Waals surface area contributed by atoms with Crippen LogP contribution in [0.1, 0.15) is 45.2 Å². The molecule has 0 radical (unpaired) electrons. The van der Waals surface area contributed by atoms with Crippen molar-refractivity contribution in [3.05, 3.63) is 23.1 Å². The molecule has 2 aliphatic rings. The van der Waals surface area contributed by atoms with Gasteiger partial charge in [0.25, 0.3) is 0 Å². The van der Waals surface area contributed by atoms with Crippen LogP contribution in [-0.2, 0) is 15.7 Å². The summed E-state index contributed by atoms with van der Waals surface area (Å²) in [4.78, 5) is 16.8. The summed E-state index contributed by atoms with van der Waals surface area (Å²) in [5.74, 6) is -0.250. The van der Waals surface area contributed by atoms with Crippen LogP contribution in [0.5, 0.6) is 0 Å². The summed E-state index contributed by atoms with van der Waals surface area (Å²) in [6.07, 6.45) is -0.952. The summed E-state index contributed by atoms with van der Waals surface area (Å²) in [5.41, 5.74) is -0.894. The number of nitrogens with zero attached hydrogens (tertiary/aromatic N) is 3. The molecule has 1 N–H and O–H groups in total. The first kappa shape index (κ1) is 20.3. The van der Waals surface area contributed by atoms with Crippen molar-refractivity contribution < 1.29 is 22.7 Å². The highest BCUT2D eigenvalue weighted by Crippen LogP contribution is 2.59. The van der Waals surface area contributed by atoms with Gasteiger partial charge in [-0.3, -0.25) is 4.79 Å². The third-order valence-corrected chi connectivity index (χ3v) is 6.70. The Bertz CT molecular complexity index is 947. The van der Waals surface area contributed by atoms with E-state index in [1.807, 2.05) is 0 Å². The van der Waals surface area contributed by atoms with Gasteiger partial charge in [0.05, 0.1) is 12.5 Å². The summed E-state index contributed by atoms with van der Waals surface area (Å²) < 4.78 is 46.0. The predicted molar refractivity (Wildman–Crippen MR) is 101 cm³/mol. The molecule has 2 saturated carbocycles. The number of rotatable bonds is 5. The van der Waals surface area contributed by atoms with Crippen LogP contribution < -0.4 is 5.32 Å². The van der Waals surface area contributed by atoms with E-state index in [0.717, 1.165) is 36.3 Å². The maximum absolute atomic E-state index is 13.3. The molecular weight excluding hydrogens is 409 g/mol. The number of carbonyl (C=O) groups excluding carboxylic acids is 1. The first-order chi connectivity index (χ1) is 13.7. The largest absolute Gasteiger partial charge is 0.466 e. The van der Waals surface area contributed by atoms with Gasteiger partial charge < -0.3 is 10.1 Å². The predicted octanol–water partition coefficient (Wildman–Crippen LogP) is 4.57. The average molecular weight is 431 g/mol. The van der Waals surface area contributed by atoms with E-state index < -0.39 is 11.9 Å². The zero-order valence-corrected chi connectivity index (χ0v) is 16.8. The van der Waals surface area contributed by atoms with Crippen molar-refractivity contribution in [1.82, 2.24) is 14.6 Å². The average Bonchev–Trinajstić information content (AvgIpc) is 3.33. The standard InChI is InChI=1S/C19H22ClF3N4O2/c1-3-18-8-7-10(9-18)13(16(28)29-4-2)14(18)24-15-11-5-6-12(19(21,22)23)27(11)26-17(20)25-15/h5-6,10,13-14H,3-4,7-9H2,1-2H3,(H,24,25,26)/t10-,13-,14+,18-/m0/s1. The summed E-state index contributed by atoms with van der Waals surface area (Å²) in [5, 5.41) is 6.70. The number of halogens is 4. The minimum Gasteiger partial charge on any atom is -0.466 e. The number of nitrogens with one attached hydrogen (secondary N) is 1. The molecule has 2 aliphatic carbocycles. The molecule has 10 heteroatoms. The number of ether oxygens (including phenoxy) is 1. The minimum atomic E-state index is -4.58. The molecule has 0 aliphatic heterocycles. The highest BCUT2D eigenvalue weighted by molar-refractivity contribution is 6.28. The van der Waals surface area contributed by atoms with Gasteiger partial charge in [-0.2, -0.15) is 18.2 Å². The molecule has 0 amide bonds. The molecule has 29 heavy (non-hydrogen) atoms. The minimum absolute atomic E-state index is 0.129. The number of carbonyl (C=O) groups is 1. The third kappa shape index (κ3) is 3.23. The lowest BCUT2D eigenvalue weighted by atomic mass is 9.73. The van der Waals surface area contributed by atoms with Crippen LogP contribution in [0.3, 0.4) is 0 Å². The molecular formula is C19H22ClF3N4O2. The Morgan fingerprint density at radius 1 is 1.41 bits per heavy atom. The smallest absolute Gasteiger partial charge is 0.433 e. The fourth-order valence-corrected chi connectivity index (χ4v) is 5.39. The summed E-state index contributed by atoms with van der Waals surface area (Å²) in [6.45, 7) is 4.12. The van der Waals surface area contributed by atoms with E-state index in [9.17, 15) is 18.0 Å². The van der Waals surface area contributed by atoms with E-state index >= 15 is 0 Å². The zero-order valence-electron chi connectivity index (χ0n) is 16.1. The zero-order chi connectivity index (χ0) is 21.0. The van der Waals surface area contributed by atoms with E-state index in [2.05, 4.69) is 22.3 Å². The molecule has 0 saturated heterocycles. The molecule has 2 fully saturated rings. The summed E-state index contributed by atoms with van der Waals surface area (Å²) in [6, 6.07) is 1.97. The van der Waals surface area contributed by atoms with Gasteiger partial charge >= 0.3 is 12.1 Å². The second-order valence-corrected chi connectivity index (χ2v) is 8.20. The van der Waals surface area contributed by atoms with Crippen LogP contribution in [0.4, 0.5) is 19.0 Å². The topological polar surface area (TPSA) is 68.5 Å². The van der Waals surface area contributed by atoms with Gasteiger partial charge in [0.1, 0.15) is 11.2 Å². The molecule has 0 unspecified atom stereocenters. The third-order valence-electron chi connectivity index (χ3n) is 6.54. The van der Waals surface area contributed by atoms with Crippen molar-refractivity contribution in [2.45, 2.75) is 51.7 Å². The molecule has 4 rings (SSSR count). The normalized spacial score (nSPS) is 28.8. The lowest BCUT2D eigenvalue weighted by Crippen LogP contribution is -2.45. The monoisotopic (exact) mass is 430 g/mol. The second-order valence-electron chi connectivity index (χ2n) is 7.86. The molecule has 4 atom stereocenters. The van der Waals surface area contributed by atoms with E-state index in [1.54, 1.807) is 6.92 Å². The number of hydrogen-bond acceptors (Lipinski definition) is 5. The second kappa shape index (κ2) is 7.04. The van der Waals surface area contributed by atoms with Crippen molar-refractivity contribution in [1.29, 1.82) is 0 Å². The molecule has 6 nitrogen and oxygen atoms in total. The summed E-state index contributed by atoms with van der Waals surface area (Å²) in [7, 11) is 0. The Labute approximate surface area is 170 Å². The number of esters is 1. The lowest BCUT2D eigenvalue weighted by Gasteiger charge is -2.38. The number of aromatic nitrogens is 3. The number of fused-ring (bicyclic) bond motifs is 3. The van der Waals surface area contributed by atoms with Crippen molar-refractivity contribution in [2.75, 3.05) is 11.9 Å². The quantitative estimate of drug-likeness (QED) is 0.704. The van der Waals surface area contributed by atoms with Crippen LogP contribution in [0.15, 0.2) is 12.1 Å². The van der Waals surface area contributed by atoms with Crippen molar-refractivity contribution in [2.24, 2.45) is 17.3 Å². The first-order valence-corrected chi connectivity index (χ1v) is 10.1. The fraction of sp³-hybridized carbons (Fsp3) is 0.632. The van der Waals surface area contributed by atoms with Crippen LogP contribution >= 0.6 is 11.6 Å². The SMILES string of the molecule is CCOC(=O)[C@H]1[C@H]2CC[C@@](CC)(C2)[C@@H]1Nc1nc(Cl)nn2c(C(F)(F)F)ccc12. The number of alkyl halides is 3. The Balaban J connectivity index is 1.76. The Morgan fingerprint density at radius 2 is 2.17 bits per heavy atom. The Hall–Kier alpha value is -2.03. The summed E-state index contributed by atoms with van der Waals surface area (Å²) >= 11 is 5.94. The van der Waals surface area contributed by atoms with Crippen molar-refractivity contribution >= 4 is 28.9 Å². The Kier molecular flexibility index (Phi) is 4.91. The fourth-order valence-electron chi connectivity index (χ4n) is 5.23. The van der Waals surface area contributed by atoms with E-state index in [-0.39, 0.29) is 52.5 Å². The van der Waals surface area contributed by atoms with Gasteiger partial charge in [0.2, 0.25) is 5.28 Å². The highest BCUT2D eigenvalue weighted by atomic mass is 35.5. The number of anilines is 1. The highest BCUT2D eigenvalue weighted by Gasteiger charge is 2.59. The lowest BCUT2D eigenvalue weighted by molar-refractivity contribution is -0.150. The maximum Gasteiger partial charge on any atom is 0.433 e. The van der Waals surface area contributed by atoms with Crippen LogP contribution in [-0.4, -0.2) is 33.2 Å². The van der Waals surface area contributed by atoms with Crippen molar-refractivity contribution in [3.8, 4) is 0 Å². The van der Waals surface area contributed by atoms with E-state index in [0.29, 0.717) is 0 Å². The molecule has 2 heterocycles. The van der Waals surface area contributed by atoms with Gasteiger partial charge in [0.15, 0.2) is 5.82 Å². The molecule has 2 aromatic rings. The van der Waals surface area contributed by atoms with Gasteiger partial charge in [-0.15, -0.1) is 5.10 Å². The molecule has 2 aromatic heterocycles. The van der Waals surface area contributed by atoms with Gasteiger partial charge in [0, 0.05) is 6.04 Å².